The van der Waals surface area contributed by atoms with E-state index in [-0.39, 0.29) is 43.3 Å². The highest BCUT2D eigenvalue weighted by Gasteiger charge is 2.34. The standard InChI is InChI=1S/C24H21N3O5/c28-21(8-4-14-27-22(29)19-6-1-2-7-20(19)23(27)30)25-13-3-5-17-9-11-18(12-10-17)26-15-16-32-24(26)31/h1-2,6-7,9-12H,4,8,13-16H2,(H,25,28). The second-order valence-electron chi connectivity index (χ2n) is 7.30. The van der Waals surface area contributed by atoms with Gasteiger partial charge in [-0.05, 0) is 42.8 Å². The van der Waals surface area contributed by atoms with Crippen molar-refractivity contribution >= 4 is 29.5 Å². The summed E-state index contributed by atoms with van der Waals surface area (Å²) in [6, 6.07) is 13.9. The Hall–Kier alpha value is -4.12. The Balaban J connectivity index is 1.19. The third-order valence-electron chi connectivity index (χ3n) is 5.21. The maximum atomic E-state index is 12.3. The number of hydrogen-bond donors (Lipinski definition) is 1. The molecule has 0 saturated carbocycles. The smallest absolute Gasteiger partial charge is 0.414 e. The molecule has 0 aliphatic carbocycles. The van der Waals surface area contributed by atoms with E-state index in [0.717, 1.165) is 11.3 Å². The third kappa shape index (κ3) is 4.47. The molecule has 0 radical (unpaired) electrons. The molecule has 0 spiro atoms. The lowest BCUT2D eigenvalue weighted by molar-refractivity contribution is -0.121. The second kappa shape index (κ2) is 9.35. The number of hydrogen-bond acceptors (Lipinski definition) is 5. The van der Waals surface area contributed by atoms with Crippen LogP contribution in [0.5, 0.6) is 0 Å². The predicted octanol–water partition coefficient (Wildman–Crippen LogP) is 2.19. The van der Waals surface area contributed by atoms with Gasteiger partial charge in [0.15, 0.2) is 0 Å². The zero-order valence-electron chi connectivity index (χ0n) is 17.3. The SMILES string of the molecule is O=C(CCCN1C(=O)c2ccccc2C1=O)NCC#Cc1ccc(N2CCOC2=O)cc1. The monoisotopic (exact) mass is 431 g/mol. The second-order valence-corrected chi connectivity index (χ2v) is 7.30. The van der Waals surface area contributed by atoms with E-state index in [4.69, 9.17) is 4.74 Å². The van der Waals surface area contributed by atoms with Crippen molar-refractivity contribution in [2.45, 2.75) is 12.8 Å². The fourth-order valence-corrected chi connectivity index (χ4v) is 3.57. The molecule has 2 aliphatic rings. The van der Waals surface area contributed by atoms with Crippen molar-refractivity contribution in [3.05, 3.63) is 65.2 Å². The van der Waals surface area contributed by atoms with Crippen LogP contribution >= 0.6 is 0 Å². The van der Waals surface area contributed by atoms with Crippen molar-refractivity contribution in [2.75, 3.05) is 31.1 Å². The van der Waals surface area contributed by atoms with Gasteiger partial charge in [0.1, 0.15) is 6.61 Å². The van der Waals surface area contributed by atoms with Crippen LogP contribution in [0.25, 0.3) is 0 Å². The highest BCUT2D eigenvalue weighted by atomic mass is 16.6. The van der Waals surface area contributed by atoms with Gasteiger partial charge in [-0.1, -0.05) is 24.0 Å². The Morgan fingerprint density at radius 2 is 1.69 bits per heavy atom. The van der Waals surface area contributed by atoms with Crippen LogP contribution in [-0.4, -0.2) is 55.0 Å². The largest absolute Gasteiger partial charge is 0.447 e. The molecule has 0 atom stereocenters. The van der Waals surface area contributed by atoms with Gasteiger partial charge in [-0.3, -0.25) is 24.2 Å². The Kier molecular flexibility index (Phi) is 6.17. The fourth-order valence-electron chi connectivity index (χ4n) is 3.57. The van der Waals surface area contributed by atoms with Crippen molar-refractivity contribution in [3.63, 3.8) is 0 Å². The molecular weight excluding hydrogens is 410 g/mol. The summed E-state index contributed by atoms with van der Waals surface area (Å²) in [7, 11) is 0. The van der Waals surface area contributed by atoms with Crippen LogP contribution in [0, 0.1) is 11.8 Å². The number of amides is 4. The van der Waals surface area contributed by atoms with Crippen LogP contribution in [0.3, 0.4) is 0 Å². The number of benzene rings is 2. The average molecular weight is 431 g/mol. The van der Waals surface area contributed by atoms with Gasteiger partial charge in [0, 0.05) is 24.2 Å². The normalized spacial score (nSPS) is 14.7. The molecule has 8 heteroatoms. The van der Waals surface area contributed by atoms with Crippen molar-refractivity contribution < 1.29 is 23.9 Å². The molecule has 4 amide bonds. The van der Waals surface area contributed by atoms with Crippen molar-refractivity contribution in [1.82, 2.24) is 10.2 Å². The highest BCUT2D eigenvalue weighted by Crippen LogP contribution is 2.22. The molecule has 0 bridgehead atoms. The first-order valence-corrected chi connectivity index (χ1v) is 10.3. The summed E-state index contributed by atoms with van der Waals surface area (Å²) in [4.78, 5) is 50.9. The topological polar surface area (TPSA) is 96.0 Å². The molecule has 1 N–H and O–H groups in total. The lowest BCUT2D eigenvalue weighted by Gasteiger charge is -2.13. The number of rotatable bonds is 6. The molecule has 162 valence electrons. The quantitative estimate of drug-likeness (QED) is 0.559. The maximum Gasteiger partial charge on any atom is 0.414 e. The van der Waals surface area contributed by atoms with E-state index < -0.39 is 0 Å². The molecule has 1 fully saturated rings. The number of nitrogens with one attached hydrogen (secondary N) is 1. The Bertz CT molecular complexity index is 1100. The van der Waals surface area contributed by atoms with Gasteiger partial charge in [-0.2, -0.15) is 0 Å². The Morgan fingerprint density at radius 1 is 1.00 bits per heavy atom. The first-order chi connectivity index (χ1) is 15.5. The first kappa shape index (κ1) is 21.1. The zero-order valence-corrected chi connectivity index (χ0v) is 17.3. The number of nitrogens with zero attached hydrogens (tertiary/aromatic N) is 2. The third-order valence-corrected chi connectivity index (χ3v) is 5.21. The lowest BCUT2D eigenvalue weighted by Crippen LogP contribution is -2.32. The molecule has 4 rings (SSSR count). The molecule has 0 unspecified atom stereocenters. The van der Waals surface area contributed by atoms with Gasteiger partial charge in [-0.25, -0.2) is 4.79 Å². The molecule has 2 aliphatic heterocycles. The van der Waals surface area contributed by atoms with E-state index in [2.05, 4.69) is 17.2 Å². The van der Waals surface area contributed by atoms with E-state index in [9.17, 15) is 19.2 Å². The van der Waals surface area contributed by atoms with Crippen LogP contribution in [0.15, 0.2) is 48.5 Å². The number of anilines is 1. The van der Waals surface area contributed by atoms with Crippen LogP contribution in [-0.2, 0) is 9.53 Å². The van der Waals surface area contributed by atoms with E-state index >= 15 is 0 Å². The molecular formula is C24H21N3O5. The Morgan fingerprint density at radius 3 is 2.31 bits per heavy atom. The van der Waals surface area contributed by atoms with Crippen LogP contribution < -0.4 is 10.2 Å². The van der Waals surface area contributed by atoms with Gasteiger partial charge in [-0.15, -0.1) is 0 Å². The summed E-state index contributed by atoms with van der Waals surface area (Å²) in [5.41, 5.74) is 2.34. The minimum absolute atomic E-state index is 0.187. The molecule has 2 aromatic rings. The molecule has 8 nitrogen and oxygen atoms in total. The maximum absolute atomic E-state index is 12.3. The van der Waals surface area contributed by atoms with E-state index in [1.54, 1.807) is 53.4 Å². The van der Waals surface area contributed by atoms with Gasteiger partial charge in [0.2, 0.25) is 5.91 Å². The van der Waals surface area contributed by atoms with E-state index in [1.807, 2.05) is 0 Å². The van der Waals surface area contributed by atoms with E-state index in [0.29, 0.717) is 30.7 Å². The summed E-state index contributed by atoms with van der Waals surface area (Å²) >= 11 is 0. The minimum Gasteiger partial charge on any atom is -0.447 e. The number of carbonyl (C=O) groups excluding carboxylic acids is 4. The number of imide groups is 1. The minimum atomic E-state index is -0.352. The number of ether oxygens (including phenoxy) is 1. The van der Waals surface area contributed by atoms with Crippen LogP contribution in [0.4, 0.5) is 10.5 Å². The number of cyclic esters (lactones) is 1. The van der Waals surface area contributed by atoms with Gasteiger partial charge >= 0.3 is 6.09 Å². The van der Waals surface area contributed by atoms with Crippen LogP contribution in [0.2, 0.25) is 0 Å². The number of carbonyl (C=O) groups is 4. The van der Waals surface area contributed by atoms with Crippen molar-refractivity contribution in [3.8, 4) is 11.8 Å². The van der Waals surface area contributed by atoms with Crippen molar-refractivity contribution in [1.29, 1.82) is 0 Å². The first-order valence-electron chi connectivity index (χ1n) is 10.3. The zero-order chi connectivity index (χ0) is 22.5. The lowest BCUT2D eigenvalue weighted by atomic mass is 10.1. The summed E-state index contributed by atoms with van der Waals surface area (Å²) in [6.07, 6.45) is 0.218. The van der Waals surface area contributed by atoms with Gasteiger partial charge in [0.05, 0.1) is 24.2 Å². The highest BCUT2D eigenvalue weighted by molar-refractivity contribution is 6.21. The molecule has 1 saturated heterocycles. The average Bonchev–Trinajstić information content (AvgIpc) is 3.34. The summed E-state index contributed by atoms with van der Waals surface area (Å²) in [6.45, 7) is 1.30. The summed E-state index contributed by atoms with van der Waals surface area (Å²) < 4.78 is 4.92. The molecule has 2 heterocycles. The van der Waals surface area contributed by atoms with Crippen LogP contribution in [0.1, 0.15) is 39.1 Å². The van der Waals surface area contributed by atoms with E-state index in [1.165, 1.54) is 4.90 Å². The fraction of sp³-hybridized carbons (Fsp3) is 0.250. The van der Waals surface area contributed by atoms with Crippen molar-refractivity contribution in [2.24, 2.45) is 0 Å². The van der Waals surface area contributed by atoms with Gasteiger partial charge < -0.3 is 10.1 Å². The predicted molar refractivity (Wildman–Crippen MR) is 116 cm³/mol. The summed E-state index contributed by atoms with van der Waals surface area (Å²) in [5.74, 6) is 5.01. The molecule has 32 heavy (non-hydrogen) atoms. The molecule has 0 aromatic heterocycles. The van der Waals surface area contributed by atoms with Gasteiger partial charge in [0.25, 0.3) is 11.8 Å². The Labute approximate surface area is 185 Å². The number of fused-ring (bicyclic) bond motifs is 1. The molecule has 2 aromatic carbocycles. The summed E-state index contributed by atoms with van der Waals surface area (Å²) in [5, 5.41) is 2.71.